The summed E-state index contributed by atoms with van der Waals surface area (Å²) in [4.78, 5) is 2.52. The molecule has 0 N–H and O–H groups in total. The molecule has 3 aliphatic rings. The molecule has 3 heterocycles. The van der Waals surface area contributed by atoms with Gasteiger partial charge in [0.05, 0.1) is 18.9 Å². The van der Waals surface area contributed by atoms with Gasteiger partial charge in [0.25, 0.3) is 0 Å². The van der Waals surface area contributed by atoms with E-state index < -0.39 is 5.72 Å². The minimum atomic E-state index is -0.398. The van der Waals surface area contributed by atoms with Crippen LogP contribution >= 0.6 is 11.6 Å². The van der Waals surface area contributed by atoms with E-state index in [1.54, 1.807) is 7.11 Å². The van der Waals surface area contributed by atoms with Crippen molar-refractivity contribution >= 4 is 17.3 Å². The third-order valence-electron chi connectivity index (χ3n) is 6.69. The molecular weight excluding hydrogens is 398 g/mol. The Morgan fingerprint density at radius 3 is 2.53 bits per heavy atom. The number of nitrogens with zero attached hydrogens (tertiary/aromatic N) is 3. The molecule has 30 heavy (non-hydrogen) atoms. The predicted molar refractivity (Wildman–Crippen MR) is 119 cm³/mol. The van der Waals surface area contributed by atoms with Crippen LogP contribution in [0.4, 0.5) is 0 Å². The zero-order valence-corrected chi connectivity index (χ0v) is 18.5. The Kier molecular flexibility index (Phi) is 4.91. The second kappa shape index (κ2) is 7.47. The number of benzene rings is 2. The quantitative estimate of drug-likeness (QED) is 0.686. The highest BCUT2D eigenvalue weighted by molar-refractivity contribution is 6.30. The van der Waals surface area contributed by atoms with Crippen LogP contribution in [0.25, 0.3) is 0 Å². The van der Waals surface area contributed by atoms with Gasteiger partial charge in [0, 0.05) is 49.0 Å². The topological polar surface area (TPSA) is 37.3 Å². The summed E-state index contributed by atoms with van der Waals surface area (Å²) in [5, 5.41) is 8.11. The van der Waals surface area contributed by atoms with E-state index in [0.29, 0.717) is 6.04 Å². The lowest BCUT2D eigenvalue weighted by Gasteiger charge is -2.51. The van der Waals surface area contributed by atoms with Crippen LogP contribution in [0, 0.1) is 0 Å². The number of hydrogen-bond acceptors (Lipinski definition) is 5. The van der Waals surface area contributed by atoms with Gasteiger partial charge in [-0.25, -0.2) is 5.01 Å². The molecule has 0 radical (unpaired) electrons. The van der Waals surface area contributed by atoms with E-state index in [1.807, 2.05) is 30.3 Å². The third kappa shape index (κ3) is 3.25. The summed E-state index contributed by atoms with van der Waals surface area (Å²) >= 11 is 6.35. The molecule has 1 atom stereocenters. The number of methoxy groups -OCH3 is 1. The van der Waals surface area contributed by atoms with E-state index in [4.69, 9.17) is 26.2 Å². The highest BCUT2D eigenvalue weighted by Gasteiger charge is 2.52. The zero-order chi connectivity index (χ0) is 20.9. The first kappa shape index (κ1) is 19.7. The highest BCUT2D eigenvalue weighted by Crippen LogP contribution is 2.50. The molecule has 0 saturated carbocycles. The second-order valence-electron chi connectivity index (χ2n) is 8.70. The average Bonchev–Trinajstić information content (AvgIpc) is 3.22. The molecule has 0 aliphatic carbocycles. The summed E-state index contributed by atoms with van der Waals surface area (Å²) in [6, 6.07) is 14.8. The smallest absolute Gasteiger partial charge is 0.200 e. The molecule has 3 aliphatic heterocycles. The van der Waals surface area contributed by atoms with Crippen molar-refractivity contribution in [1.29, 1.82) is 0 Å². The van der Waals surface area contributed by atoms with Crippen molar-refractivity contribution in [3.8, 4) is 11.5 Å². The van der Waals surface area contributed by atoms with Crippen molar-refractivity contribution in [2.24, 2.45) is 5.10 Å². The summed E-state index contributed by atoms with van der Waals surface area (Å²) in [7, 11) is 1.69. The van der Waals surface area contributed by atoms with Crippen LogP contribution in [0.5, 0.6) is 11.5 Å². The van der Waals surface area contributed by atoms with Gasteiger partial charge in [0.1, 0.15) is 11.5 Å². The van der Waals surface area contributed by atoms with Gasteiger partial charge in [-0.2, -0.15) is 5.10 Å². The summed E-state index contributed by atoms with van der Waals surface area (Å²) in [5.41, 5.74) is 2.95. The maximum absolute atomic E-state index is 6.69. The molecule has 1 spiro atoms. The minimum Gasteiger partial charge on any atom is -0.497 e. The fourth-order valence-electron chi connectivity index (χ4n) is 4.93. The largest absolute Gasteiger partial charge is 0.497 e. The molecule has 1 fully saturated rings. The van der Waals surface area contributed by atoms with E-state index in [9.17, 15) is 0 Å². The van der Waals surface area contributed by atoms with E-state index in [1.165, 1.54) is 0 Å². The molecule has 6 heteroatoms. The third-order valence-corrected chi connectivity index (χ3v) is 6.93. The van der Waals surface area contributed by atoms with Gasteiger partial charge in [0.2, 0.25) is 5.72 Å². The Bertz CT molecular complexity index is 965. The summed E-state index contributed by atoms with van der Waals surface area (Å²) in [6.07, 6.45) is 2.71. The fraction of sp³-hybridized carbons (Fsp3) is 0.458. The molecule has 158 valence electrons. The van der Waals surface area contributed by atoms with E-state index in [0.717, 1.165) is 65.7 Å². The Hall–Kier alpha value is -2.24. The number of ether oxygens (including phenoxy) is 2. The zero-order valence-electron chi connectivity index (χ0n) is 17.8. The van der Waals surface area contributed by atoms with Crippen LogP contribution in [0.15, 0.2) is 47.6 Å². The molecular formula is C24H28ClN3O2. The molecule has 0 aromatic heterocycles. The fourth-order valence-corrected chi connectivity index (χ4v) is 5.11. The Morgan fingerprint density at radius 1 is 1.13 bits per heavy atom. The van der Waals surface area contributed by atoms with Crippen LogP contribution in [0.2, 0.25) is 5.02 Å². The molecule has 0 amide bonds. The Labute approximate surface area is 183 Å². The number of piperidine rings is 1. The Balaban J connectivity index is 1.52. The van der Waals surface area contributed by atoms with Crippen molar-refractivity contribution in [3.63, 3.8) is 0 Å². The lowest BCUT2D eigenvalue weighted by molar-refractivity contribution is -0.152. The van der Waals surface area contributed by atoms with Crippen molar-refractivity contribution in [2.75, 3.05) is 20.2 Å². The molecule has 1 saturated heterocycles. The highest BCUT2D eigenvalue weighted by atomic mass is 35.5. The minimum absolute atomic E-state index is 0.148. The monoisotopic (exact) mass is 425 g/mol. The van der Waals surface area contributed by atoms with Crippen molar-refractivity contribution in [1.82, 2.24) is 9.91 Å². The SMILES string of the molecule is COc1ccc(C2=NN3C(C2)c2cc(Cl)ccc2OC32CCN(C(C)C)CC2)cc1. The van der Waals surface area contributed by atoms with Crippen LogP contribution in [0.3, 0.4) is 0 Å². The second-order valence-corrected chi connectivity index (χ2v) is 9.14. The number of likely N-dealkylation sites (tertiary alicyclic amines) is 1. The van der Waals surface area contributed by atoms with E-state index in [2.05, 4.69) is 35.9 Å². The maximum atomic E-state index is 6.69. The first-order valence-electron chi connectivity index (χ1n) is 10.7. The summed E-state index contributed by atoms with van der Waals surface area (Å²) in [6.45, 7) is 6.54. The first-order valence-corrected chi connectivity index (χ1v) is 11.1. The van der Waals surface area contributed by atoms with Crippen molar-refractivity contribution < 1.29 is 9.47 Å². The van der Waals surface area contributed by atoms with E-state index >= 15 is 0 Å². The lowest BCUT2D eigenvalue weighted by Crippen LogP contribution is -2.59. The van der Waals surface area contributed by atoms with Crippen LogP contribution in [-0.2, 0) is 0 Å². The van der Waals surface area contributed by atoms with Crippen LogP contribution in [-0.4, -0.2) is 47.6 Å². The van der Waals surface area contributed by atoms with Gasteiger partial charge < -0.3 is 14.4 Å². The number of rotatable bonds is 3. The predicted octanol–water partition coefficient (Wildman–Crippen LogP) is 5.09. The molecule has 5 nitrogen and oxygen atoms in total. The van der Waals surface area contributed by atoms with Crippen molar-refractivity contribution in [3.05, 3.63) is 58.6 Å². The van der Waals surface area contributed by atoms with Gasteiger partial charge in [-0.1, -0.05) is 11.6 Å². The molecule has 5 rings (SSSR count). The molecule has 1 unspecified atom stereocenters. The molecule has 0 bridgehead atoms. The Morgan fingerprint density at radius 2 is 1.87 bits per heavy atom. The van der Waals surface area contributed by atoms with Crippen molar-refractivity contribution in [2.45, 2.75) is 50.9 Å². The van der Waals surface area contributed by atoms with Gasteiger partial charge in [-0.15, -0.1) is 0 Å². The number of hydrogen-bond donors (Lipinski definition) is 0. The molecule has 2 aromatic carbocycles. The summed E-state index contributed by atoms with van der Waals surface area (Å²) < 4.78 is 12.0. The molecule has 2 aromatic rings. The van der Waals surface area contributed by atoms with Gasteiger partial charge in [-0.3, -0.25) is 0 Å². The number of hydrazone groups is 1. The number of fused-ring (bicyclic) bond motifs is 4. The van der Waals surface area contributed by atoms with Gasteiger partial charge in [-0.05, 0) is 61.9 Å². The van der Waals surface area contributed by atoms with Gasteiger partial charge in [0.15, 0.2) is 0 Å². The first-order chi connectivity index (χ1) is 14.5. The van der Waals surface area contributed by atoms with E-state index in [-0.39, 0.29) is 6.04 Å². The van der Waals surface area contributed by atoms with Crippen LogP contribution < -0.4 is 9.47 Å². The standard InChI is InChI=1S/C24H28ClN3O2/c1-16(2)27-12-10-24(11-13-27)28-22(20-14-18(25)6-9-23(20)30-24)15-21(26-28)17-4-7-19(29-3)8-5-17/h4-9,14,16,22H,10-13,15H2,1-3H3. The average molecular weight is 426 g/mol. The lowest BCUT2D eigenvalue weighted by atomic mass is 9.90. The summed E-state index contributed by atoms with van der Waals surface area (Å²) in [5.74, 6) is 1.80. The van der Waals surface area contributed by atoms with Crippen LogP contribution in [0.1, 0.15) is 50.3 Å². The number of halogens is 1. The maximum Gasteiger partial charge on any atom is 0.200 e. The van der Waals surface area contributed by atoms with Gasteiger partial charge >= 0.3 is 0 Å². The normalized spacial score (nSPS) is 22.5.